The SMILES string of the molecule is Cn1nc(-c2csc(CO)c2)c2c(N)ncnc21. The maximum absolute atomic E-state index is 9.11. The van der Waals surface area contributed by atoms with Crippen LogP contribution in [-0.2, 0) is 13.7 Å². The van der Waals surface area contributed by atoms with Crippen molar-refractivity contribution in [1.82, 2.24) is 19.7 Å². The number of nitrogen functional groups attached to an aromatic ring is 1. The highest BCUT2D eigenvalue weighted by atomic mass is 32.1. The first-order valence-corrected chi connectivity index (χ1v) is 6.20. The van der Waals surface area contributed by atoms with Crippen molar-refractivity contribution in [2.75, 3.05) is 5.73 Å². The molecule has 0 bridgehead atoms. The van der Waals surface area contributed by atoms with Crippen LogP contribution < -0.4 is 5.73 Å². The van der Waals surface area contributed by atoms with E-state index in [1.807, 2.05) is 18.5 Å². The van der Waals surface area contributed by atoms with Gasteiger partial charge >= 0.3 is 0 Å². The lowest BCUT2D eigenvalue weighted by atomic mass is 10.2. The lowest BCUT2D eigenvalue weighted by Gasteiger charge is -1.96. The van der Waals surface area contributed by atoms with Crippen LogP contribution in [0.4, 0.5) is 5.82 Å². The number of aliphatic hydroxyl groups excluding tert-OH is 1. The van der Waals surface area contributed by atoms with Gasteiger partial charge in [0.25, 0.3) is 0 Å². The van der Waals surface area contributed by atoms with E-state index in [2.05, 4.69) is 15.1 Å². The number of aliphatic hydroxyl groups is 1. The second kappa shape index (κ2) is 4.04. The zero-order chi connectivity index (χ0) is 12.7. The summed E-state index contributed by atoms with van der Waals surface area (Å²) in [4.78, 5) is 9.07. The summed E-state index contributed by atoms with van der Waals surface area (Å²) < 4.78 is 1.68. The molecule has 0 fully saturated rings. The number of hydrogen-bond donors (Lipinski definition) is 2. The first-order chi connectivity index (χ1) is 8.70. The normalized spacial score (nSPS) is 11.2. The zero-order valence-corrected chi connectivity index (χ0v) is 10.5. The van der Waals surface area contributed by atoms with Crippen molar-refractivity contribution in [2.45, 2.75) is 6.61 Å². The molecular weight excluding hydrogens is 250 g/mol. The zero-order valence-electron chi connectivity index (χ0n) is 9.66. The minimum Gasteiger partial charge on any atom is -0.391 e. The minimum absolute atomic E-state index is 0.0292. The average molecular weight is 261 g/mol. The van der Waals surface area contributed by atoms with Crippen LogP contribution in [0.3, 0.4) is 0 Å². The molecule has 0 spiro atoms. The molecule has 0 aliphatic heterocycles. The third kappa shape index (κ3) is 1.56. The van der Waals surface area contributed by atoms with Gasteiger partial charge in [-0.2, -0.15) is 5.10 Å². The molecule has 0 aliphatic carbocycles. The highest BCUT2D eigenvalue weighted by molar-refractivity contribution is 7.10. The number of fused-ring (bicyclic) bond motifs is 1. The van der Waals surface area contributed by atoms with E-state index >= 15 is 0 Å². The van der Waals surface area contributed by atoms with Crippen LogP contribution in [0.5, 0.6) is 0 Å². The van der Waals surface area contributed by atoms with Crippen LogP contribution in [0.25, 0.3) is 22.3 Å². The van der Waals surface area contributed by atoms with Gasteiger partial charge in [0.2, 0.25) is 0 Å². The van der Waals surface area contributed by atoms with Gasteiger partial charge in [-0.3, -0.25) is 0 Å². The Labute approximate surface area is 107 Å². The molecule has 3 aromatic heterocycles. The van der Waals surface area contributed by atoms with Crippen LogP contribution in [0.2, 0.25) is 0 Å². The van der Waals surface area contributed by atoms with E-state index in [9.17, 15) is 0 Å². The molecular formula is C11H11N5OS. The van der Waals surface area contributed by atoms with E-state index in [1.54, 1.807) is 4.68 Å². The second-order valence-corrected chi connectivity index (χ2v) is 4.89. The van der Waals surface area contributed by atoms with Crippen molar-refractivity contribution < 1.29 is 5.11 Å². The number of thiophene rings is 1. The summed E-state index contributed by atoms with van der Waals surface area (Å²) in [6.45, 7) is 0.0292. The van der Waals surface area contributed by atoms with E-state index in [1.165, 1.54) is 17.7 Å². The molecule has 3 rings (SSSR count). The summed E-state index contributed by atoms with van der Waals surface area (Å²) in [5, 5.41) is 16.2. The van der Waals surface area contributed by atoms with Gasteiger partial charge in [0.1, 0.15) is 17.8 Å². The fourth-order valence-corrected chi connectivity index (χ4v) is 2.63. The van der Waals surface area contributed by atoms with Gasteiger partial charge in [-0.15, -0.1) is 11.3 Å². The number of anilines is 1. The molecule has 0 aromatic carbocycles. The molecule has 92 valence electrons. The number of hydrogen-bond acceptors (Lipinski definition) is 6. The lowest BCUT2D eigenvalue weighted by molar-refractivity contribution is 0.285. The van der Waals surface area contributed by atoms with Crippen LogP contribution in [-0.4, -0.2) is 24.9 Å². The number of nitrogens with two attached hydrogens (primary N) is 1. The Morgan fingerprint density at radius 1 is 1.44 bits per heavy atom. The van der Waals surface area contributed by atoms with E-state index in [0.717, 1.165) is 21.5 Å². The van der Waals surface area contributed by atoms with Crippen LogP contribution >= 0.6 is 11.3 Å². The predicted molar refractivity (Wildman–Crippen MR) is 70.0 cm³/mol. The standard InChI is InChI=1S/C11H11N5OS/c1-16-11-8(10(12)13-5-14-11)9(15-16)6-2-7(3-17)18-4-6/h2,4-5,17H,3H2,1H3,(H2,12,13,14). The molecule has 7 heteroatoms. The molecule has 3 heterocycles. The van der Waals surface area contributed by atoms with Crippen LogP contribution in [0.15, 0.2) is 17.8 Å². The first kappa shape index (κ1) is 11.1. The fourth-order valence-electron chi connectivity index (χ4n) is 1.90. The topological polar surface area (TPSA) is 89.8 Å². The van der Waals surface area contributed by atoms with Crippen LogP contribution in [0, 0.1) is 0 Å². The molecule has 0 unspecified atom stereocenters. The van der Waals surface area contributed by atoms with Crippen LogP contribution in [0.1, 0.15) is 4.88 Å². The highest BCUT2D eigenvalue weighted by Crippen LogP contribution is 2.32. The maximum Gasteiger partial charge on any atom is 0.163 e. The molecule has 0 amide bonds. The molecule has 3 aromatic rings. The Morgan fingerprint density at radius 3 is 3.00 bits per heavy atom. The highest BCUT2D eigenvalue weighted by Gasteiger charge is 2.16. The number of aryl methyl sites for hydroxylation is 1. The van der Waals surface area contributed by atoms with Gasteiger partial charge in [-0.05, 0) is 6.07 Å². The Hall–Kier alpha value is -1.99. The maximum atomic E-state index is 9.11. The molecule has 0 saturated heterocycles. The van der Waals surface area contributed by atoms with E-state index in [4.69, 9.17) is 10.8 Å². The quantitative estimate of drug-likeness (QED) is 0.722. The van der Waals surface area contributed by atoms with Crippen molar-refractivity contribution >= 4 is 28.2 Å². The summed E-state index contributed by atoms with van der Waals surface area (Å²) >= 11 is 1.49. The largest absolute Gasteiger partial charge is 0.391 e. The predicted octanol–water partition coefficient (Wildman–Crippen LogP) is 1.17. The van der Waals surface area contributed by atoms with E-state index in [-0.39, 0.29) is 6.61 Å². The summed E-state index contributed by atoms with van der Waals surface area (Å²) in [7, 11) is 1.82. The molecule has 0 aliphatic rings. The first-order valence-electron chi connectivity index (χ1n) is 5.32. The smallest absolute Gasteiger partial charge is 0.163 e. The number of rotatable bonds is 2. The van der Waals surface area contributed by atoms with Crippen molar-refractivity contribution in [2.24, 2.45) is 7.05 Å². The molecule has 0 saturated carbocycles. The van der Waals surface area contributed by atoms with Gasteiger partial charge in [0.05, 0.1) is 12.0 Å². The fraction of sp³-hybridized carbons (Fsp3) is 0.182. The van der Waals surface area contributed by atoms with Crippen molar-refractivity contribution in [3.8, 4) is 11.3 Å². The average Bonchev–Trinajstić information content (AvgIpc) is 2.95. The third-order valence-electron chi connectivity index (χ3n) is 2.73. The molecule has 18 heavy (non-hydrogen) atoms. The summed E-state index contributed by atoms with van der Waals surface area (Å²) in [5.41, 5.74) is 8.28. The molecule has 3 N–H and O–H groups in total. The Balaban J connectivity index is 2.29. The monoisotopic (exact) mass is 261 g/mol. The minimum atomic E-state index is 0.0292. The lowest BCUT2D eigenvalue weighted by Crippen LogP contribution is -1.95. The number of nitrogens with zero attached hydrogens (tertiary/aromatic N) is 4. The third-order valence-corrected chi connectivity index (χ3v) is 3.65. The Bertz CT molecular complexity index is 717. The van der Waals surface area contributed by atoms with Gasteiger partial charge in [-0.25, -0.2) is 14.6 Å². The van der Waals surface area contributed by atoms with Gasteiger partial charge in [-0.1, -0.05) is 0 Å². The van der Waals surface area contributed by atoms with Crippen molar-refractivity contribution in [3.05, 3.63) is 22.7 Å². The molecule has 0 radical (unpaired) electrons. The summed E-state index contributed by atoms with van der Waals surface area (Å²) in [6.07, 6.45) is 1.43. The Kier molecular flexibility index (Phi) is 2.49. The molecule has 6 nitrogen and oxygen atoms in total. The van der Waals surface area contributed by atoms with Gasteiger partial charge in [0, 0.05) is 22.9 Å². The second-order valence-electron chi connectivity index (χ2n) is 3.89. The Morgan fingerprint density at radius 2 is 2.28 bits per heavy atom. The summed E-state index contributed by atoms with van der Waals surface area (Å²) in [5.74, 6) is 0.417. The van der Waals surface area contributed by atoms with Gasteiger partial charge in [0.15, 0.2) is 5.65 Å². The molecule has 0 atom stereocenters. The van der Waals surface area contributed by atoms with E-state index in [0.29, 0.717) is 11.5 Å². The van der Waals surface area contributed by atoms with Crippen molar-refractivity contribution in [1.29, 1.82) is 0 Å². The van der Waals surface area contributed by atoms with Crippen molar-refractivity contribution in [3.63, 3.8) is 0 Å². The van der Waals surface area contributed by atoms with Gasteiger partial charge < -0.3 is 10.8 Å². The summed E-state index contributed by atoms with van der Waals surface area (Å²) in [6, 6.07) is 1.90. The van der Waals surface area contributed by atoms with E-state index < -0.39 is 0 Å². The number of aromatic nitrogens is 4.